The second-order valence-electron chi connectivity index (χ2n) is 5.31. The van der Waals surface area contributed by atoms with Gasteiger partial charge in [0.25, 0.3) is 0 Å². The maximum atomic E-state index is 13.7. The summed E-state index contributed by atoms with van der Waals surface area (Å²) in [6.07, 6.45) is 0.509. The van der Waals surface area contributed by atoms with Crippen LogP contribution in [0.25, 0.3) is 0 Å². The van der Waals surface area contributed by atoms with Crippen molar-refractivity contribution in [1.82, 2.24) is 0 Å². The Kier molecular flexibility index (Phi) is 4.98. The summed E-state index contributed by atoms with van der Waals surface area (Å²) in [7, 11) is 0. The highest BCUT2D eigenvalue weighted by atomic mass is 32.2. The Morgan fingerprint density at radius 2 is 1.95 bits per heavy atom. The van der Waals surface area contributed by atoms with E-state index in [1.807, 2.05) is 0 Å². The number of benzene rings is 1. The molecule has 19 heavy (non-hydrogen) atoms. The monoisotopic (exact) mass is 285 g/mol. The van der Waals surface area contributed by atoms with E-state index in [0.717, 1.165) is 0 Å². The molecule has 0 radical (unpaired) electrons. The maximum Gasteiger partial charge on any atom is 0.319 e. The van der Waals surface area contributed by atoms with Gasteiger partial charge in [0.05, 0.1) is 0 Å². The number of rotatable bonds is 6. The molecule has 1 atom stereocenters. The second-order valence-corrected chi connectivity index (χ2v) is 7.03. The first-order valence-corrected chi connectivity index (χ1v) is 7.06. The quantitative estimate of drug-likeness (QED) is 0.843. The lowest BCUT2D eigenvalue weighted by Crippen LogP contribution is -2.36. The fourth-order valence-corrected chi connectivity index (χ4v) is 2.80. The third-order valence-corrected chi connectivity index (χ3v) is 4.39. The van der Waals surface area contributed by atoms with Crippen LogP contribution in [-0.4, -0.2) is 21.6 Å². The van der Waals surface area contributed by atoms with Crippen molar-refractivity contribution in [3.05, 3.63) is 35.6 Å². The fraction of sp³-hybridized carbons (Fsp3) is 0.500. The summed E-state index contributed by atoms with van der Waals surface area (Å²) in [4.78, 5) is 11.0. The van der Waals surface area contributed by atoms with E-state index in [0.29, 0.717) is 17.7 Å². The number of carboxylic acid groups (broad SMARTS) is 1. The third kappa shape index (κ3) is 4.21. The zero-order valence-electron chi connectivity index (χ0n) is 11.4. The molecule has 3 nitrogen and oxygen atoms in total. The lowest BCUT2D eigenvalue weighted by atomic mass is 9.90. The minimum absolute atomic E-state index is 0.324. The Balaban J connectivity index is 2.67. The molecule has 1 aromatic rings. The largest absolute Gasteiger partial charge is 0.480 e. The molecule has 0 heterocycles. The maximum absolute atomic E-state index is 13.7. The average Bonchev–Trinajstić information content (AvgIpc) is 2.28. The van der Waals surface area contributed by atoms with E-state index >= 15 is 0 Å². The van der Waals surface area contributed by atoms with Crippen molar-refractivity contribution in [2.24, 2.45) is 5.73 Å². The van der Waals surface area contributed by atoms with Gasteiger partial charge in [-0.05, 0) is 39.0 Å². The molecule has 0 aromatic heterocycles. The number of aliphatic carboxylic acids is 1. The van der Waals surface area contributed by atoms with Crippen LogP contribution >= 0.6 is 11.8 Å². The average molecular weight is 285 g/mol. The predicted molar refractivity (Wildman–Crippen MR) is 76.7 cm³/mol. The first-order chi connectivity index (χ1) is 8.67. The number of nitrogens with two attached hydrogens (primary N) is 1. The van der Waals surface area contributed by atoms with Crippen LogP contribution < -0.4 is 5.73 Å². The van der Waals surface area contributed by atoms with Crippen LogP contribution in [0, 0.1) is 5.82 Å². The van der Waals surface area contributed by atoms with Gasteiger partial charge in [0, 0.05) is 11.1 Å². The first-order valence-electron chi connectivity index (χ1n) is 6.08. The number of carbonyl (C=O) groups is 1. The summed E-state index contributed by atoms with van der Waals surface area (Å²) in [6, 6.07) is 6.42. The lowest BCUT2D eigenvalue weighted by molar-refractivity contribution is -0.138. The lowest BCUT2D eigenvalue weighted by Gasteiger charge is -2.27. The van der Waals surface area contributed by atoms with Gasteiger partial charge in [0.2, 0.25) is 0 Å². The van der Waals surface area contributed by atoms with Gasteiger partial charge < -0.3 is 10.8 Å². The van der Waals surface area contributed by atoms with Gasteiger partial charge in [-0.2, -0.15) is 0 Å². The minimum Gasteiger partial charge on any atom is -0.480 e. The van der Waals surface area contributed by atoms with Crippen LogP contribution in [0.5, 0.6) is 0 Å². The minimum atomic E-state index is -0.859. The molecule has 5 heteroatoms. The predicted octanol–water partition coefficient (Wildman–Crippen LogP) is 2.99. The number of hydrogen-bond acceptors (Lipinski definition) is 3. The summed E-state index contributed by atoms with van der Waals surface area (Å²) >= 11 is 1.31. The highest BCUT2D eigenvalue weighted by Gasteiger charge is 2.30. The van der Waals surface area contributed by atoms with Crippen molar-refractivity contribution in [3.8, 4) is 0 Å². The van der Waals surface area contributed by atoms with Crippen LogP contribution in [-0.2, 0) is 10.3 Å². The van der Waals surface area contributed by atoms with Crippen molar-refractivity contribution in [3.63, 3.8) is 0 Å². The molecule has 0 fully saturated rings. The number of hydrogen-bond donors (Lipinski definition) is 2. The molecule has 0 spiro atoms. The van der Waals surface area contributed by atoms with Crippen LogP contribution in [0.4, 0.5) is 4.39 Å². The van der Waals surface area contributed by atoms with Crippen molar-refractivity contribution < 1.29 is 14.3 Å². The highest BCUT2D eigenvalue weighted by Crippen LogP contribution is 2.30. The summed E-state index contributed by atoms with van der Waals surface area (Å²) < 4.78 is 12.8. The molecule has 0 amide bonds. The van der Waals surface area contributed by atoms with Gasteiger partial charge in [0.1, 0.15) is 10.6 Å². The third-order valence-electron chi connectivity index (χ3n) is 3.09. The summed E-state index contributed by atoms with van der Waals surface area (Å²) in [5.41, 5.74) is 5.81. The van der Waals surface area contributed by atoms with Crippen LogP contribution in [0.1, 0.15) is 32.8 Å². The molecule has 3 N–H and O–H groups in total. The second kappa shape index (κ2) is 5.92. The number of halogens is 1. The molecule has 0 unspecified atom stereocenters. The smallest absolute Gasteiger partial charge is 0.319 e. The summed E-state index contributed by atoms with van der Waals surface area (Å²) in [6.45, 7) is 5.06. The first kappa shape index (κ1) is 16.0. The van der Waals surface area contributed by atoms with Crippen molar-refractivity contribution >= 4 is 17.7 Å². The molecular weight excluding hydrogens is 265 g/mol. The Labute approximate surface area is 117 Å². The molecular formula is C14H20FNO2S. The fourth-order valence-electron chi connectivity index (χ4n) is 1.64. The topological polar surface area (TPSA) is 63.3 Å². The number of thioether (sulfide) groups is 1. The highest BCUT2D eigenvalue weighted by molar-refractivity contribution is 8.01. The summed E-state index contributed by atoms with van der Waals surface area (Å²) in [5.74, 6) is -0.627. The van der Waals surface area contributed by atoms with E-state index < -0.39 is 16.3 Å². The van der Waals surface area contributed by atoms with E-state index in [9.17, 15) is 9.18 Å². The van der Waals surface area contributed by atoms with Crippen LogP contribution in [0.3, 0.4) is 0 Å². The van der Waals surface area contributed by atoms with E-state index in [1.54, 1.807) is 39.0 Å². The van der Waals surface area contributed by atoms with Crippen molar-refractivity contribution in [2.75, 3.05) is 5.75 Å². The Hall–Kier alpha value is -1.07. The molecule has 0 saturated carbocycles. The van der Waals surface area contributed by atoms with Gasteiger partial charge in [-0.25, -0.2) is 4.39 Å². The Morgan fingerprint density at radius 1 is 1.37 bits per heavy atom. The van der Waals surface area contributed by atoms with E-state index in [1.165, 1.54) is 17.8 Å². The van der Waals surface area contributed by atoms with Gasteiger partial charge >= 0.3 is 5.97 Å². The van der Waals surface area contributed by atoms with Gasteiger partial charge in [-0.1, -0.05) is 18.2 Å². The standard InChI is InChI=1S/C14H20FNO2S/c1-13(2,12(17)18)19-9-8-14(3,16)10-6-4-5-7-11(10)15/h4-7H,8-9,16H2,1-3H3,(H,17,18)/t14-/m0/s1. The molecule has 0 aliphatic carbocycles. The molecule has 0 aliphatic heterocycles. The SMILES string of the molecule is CC(C)(SCC[C@](C)(N)c1ccccc1F)C(=O)O. The van der Waals surface area contributed by atoms with E-state index in [2.05, 4.69) is 0 Å². The van der Waals surface area contributed by atoms with Gasteiger partial charge in [-0.3, -0.25) is 4.79 Å². The Morgan fingerprint density at radius 3 is 2.47 bits per heavy atom. The molecule has 0 aliphatic rings. The van der Waals surface area contributed by atoms with E-state index in [-0.39, 0.29) is 5.82 Å². The summed E-state index contributed by atoms with van der Waals surface area (Å²) in [5, 5.41) is 9.02. The molecule has 0 saturated heterocycles. The molecule has 106 valence electrons. The molecule has 1 aromatic carbocycles. The van der Waals surface area contributed by atoms with Crippen molar-refractivity contribution in [1.29, 1.82) is 0 Å². The zero-order valence-corrected chi connectivity index (χ0v) is 12.3. The van der Waals surface area contributed by atoms with Crippen LogP contribution in [0.15, 0.2) is 24.3 Å². The Bertz CT molecular complexity index is 461. The molecule has 0 bridgehead atoms. The van der Waals surface area contributed by atoms with Gasteiger partial charge in [0.15, 0.2) is 0 Å². The molecule has 1 rings (SSSR count). The van der Waals surface area contributed by atoms with Crippen molar-refractivity contribution in [2.45, 2.75) is 37.5 Å². The number of carboxylic acids is 1. The van der Waals surface area contributed by atoms with E-state index in [4.69, 9.17) is 10.8 Å². The van der Waals surface area contributed by atoms with Crippen LogP contribution in [0.2, 0.25) is 0 Å². The zero-order chi connectivity index (χ0) is 14.7. The normalized spacial score (nSPS) is 15.0. The van der Waals surface area contributed by atoms with Gasteiger partial charge in [-0.15, -0.1) is 11.8 Å².